The Hall–Kier alpha value is -3.01. The van der Waals surface area contributed by atoms with Crippen LogP contribution in [0.15, 0.2) is 59.2 Å². The van der Waals surface area contributed by atoms with Gasteiger partial charge in [0.05, 0.1) is 23.8 Å². The number of nitrogens with one attached hydrogen (secondary N) is 1. The summed E-state index contributed by atoms with van der Waals surface area (Å²) in [5, 5.41) is 2.91. The molecule has 0 aliphatic rings. The number of rotatable bonds is 9. The molecule has 2 heterocycles. The molecule has 0 unspecified atom stereocenters. The average molecular weight is 472 g/mol. The van der Waals surface area contributed by atoms with Crippen LogP contribution in [-0.2, 0) is 32.4 Å². The molecular weight excluding hydrogens is 450 g/mol. The molecule has 0 spiro atoms. The predicted molar refractivity (Wildman–Crippen MR) is 124 cm³/mol. The van der Waals surface area contributed by atoms with Crippen molar-refractivity contribution in [1.29, 1.82) is 0 Å². The van der Waals surface area contributed by atoms with E-state index < -0.39 is 16.0 Å². The summed E-state index contributed by atoms with van der Waals surface area (Å²) >= 11 is 1.26. The van der Waals surface area contributed by atoms with Crippen LogP contribution in [0.3, 0.4) is 0 Å². The van der Waals surface area contributed by atoms with E-state index in [0.717, 1.165) is 27.3 Å². The van der Waals surface area contributed by atoms with Crippen molar-refractivity contribution < 1.29 is 27.2 Å². The summed E-state index contributed by atoms with van der Waals surface area (Å²) in [5.74, 6) is -0.809. The maximum Gasteiger partial charge on any atom is 0.310 e. The molecule has 0 fully saturated rings. The fraction of sp³-hybridized carbons (Fsp3) is 0.217. The first kappa shape index (κ1) is 22.2. The highest BCUT2D eigenvalue weighted by molar-refractivity contribution is 7.88. The third-order valence-electron chi connectivity index (χ3n) is 4.91. The Labute approximate surface area is 189 Å². The molecule has 0 radical (unpaired) electrons. The van der Waals surface area contributed by atoms with Gasteiger partial charge in [-0.05, 0) is 35.4 Å². The molecule has 7 nitrogen and oxygen atoms in total. The van der Waals surface area contributed by atoms with Gasteiger partial charge in [-0.3, -0.25) is 9.59 Å². The standard InChI is InChI=1S/C23H21NO6S2/c1-32(27,28)24-11-10-17-7-9-21(31-17)19(25)14-30-22(26)12-16-13-29-20-8-6-15-4-2-3-5-18(15)23(16)20/h2-9,13,24H,10-12,14H2,1H3. The number of hydrogen-bond acceptors (Lipinski definition) is 7. The quantitative estimate of drug-likeness (QED) is 0.295. The molecule has 9 heteroatoms. The highest BCUT2D eigenvalue weighted by Crippen LogP contribution is 2.30. The second-order valence-corrected chi connectivity index (χ2v) is 10.4. The Balaban J connectivity index is 1.36. The maximum absolute atomic E-state index is 12.4. The Bertz CT molecular complexity index is 1400. The van der Waals surface area contributed by atoms with Gasteiger partial charge in [-0.25, -0.2) is 13.1 Å². The summed E-state index contributed by atoms with van der Waals surface area (Å²) in [7, 11) is -3.25. The first-order valence-corrected chi connectivity index (χ1v) is 12.6. The zero-order chi connectivity index (χ0) is 22.7. The summed E-state index contributed by atoms with van der Waals surface area (Å²) in [4.78, 5) is 26.1. The van der Waals surface area contributed by atoms with Gasteiger partial charge in [0, 0.05) is 22.4 Å². The van der Waals surface area contributed by atoms with E-state index in [2.05, 4.69) is 4.72 Å². The zero-order valence-corrected chi connectivity index (χ0v) is 18.9. The third kappa shape index (κ3) is 5.24. The van der Waals surface area contributed by atoms with E-state index >= 15 is 0 Å². The van der Waals surface area contributed by atoms with E-state index in [1.807, 2.05) is 36.4 Å². The van der Waals surface area contributed by atoms with Crippen LogP contribution in [0, 0.1) is 0 Å². The Morgan fingerprint density at radius 3 is 2.72 bits per heavy atom. The number of benzene rings is 2. The lowest BCUT2D eigenvalue weighted by molar-refractivity contribution is -0.141. The summed E-state index contributed by atoms with van der Waals surface area (Å²) in [6.07, 6.45) is 3.13. The number of carbonyl (C=O) groups is 2. The number of carbonyl (C=O) groups excluding carboxylic acids is 2. The fourth-order valence-electron chi connectivity index (χ4n) is 3.45. The van der Waals surface area contributed by atoms with Crippen molar-refractivity contribution in [2.75, 3.05) is 19.4 Å². The summed E-state index contributed by atoms with van der Waals surface area (Å²) < 4.78 is 35.5. The molecule has 1 N–H and O–H groups in total. The molecule has 0 saturated heterocycles. The molecule has 0 saturated carbocycles. The third-order valence-corrected chi connectivity index (χ3v) is 6.83. The number of furan rings is 1. The van der Waals surface area contributed by atoms with Crippen LogP contribution in [0.4, 0.5) is 0 Å². The second-order valence-electron chi connectivity index (χ2n) is 7.36. The van der Waals surface area contributed by atoms with Gasteiger partial charge in [0.25, 0.3) is 0 Å². The SMILES string of the molecule is CS(=O)(=O)NCCc1ccc(C(=O)COC(=O)Cc2coc3ccc4ccccc4c23)s1. The molecule has 0 aliphatic carbocycles. The first-order chi connectivity index (χ1) is 15.3. The van der Waals surface area contributed by atoms with Gasteiger partial charge in [-0.2, -0.15) is 0 Å². The molecule has 0 aliphatic heterocycles. The van der Waals surface area contributed by atoms with E-state index in [0.29, 0.717) is 22.4 Å². The topological polar surface area (TPSA) is 103 Å². The highest BCUT2D eigenvalue weighted by Gasteiger charge is 2.16. The number of ether oxygens (including phenoxy) is 1. The summed E-state index contributed by atoms with van der Waals surface area (Å²) in [6.45, 7) is -0.0911. The second kappa shape index (κ2) is 9.23. The summed E-state index contributed by atoms with van der Waals surface area (Å²) in [5.41, 5.74) is 1.41. The van der Waals surface area contributed by atoms with Crippen LogP contribution in [0.1, 0.15) is 20.1 Å². The molecule has 0 amide bonds. The number of sulfonamides is 1. The van der Waals surface area contributed by atoms with E-state index in [1.165, 1.54) is 11.3 Å². The Kier molecular flexibility index (Phi) is 6.40. The number of ketones is 1. The minimum atomic E-state index is -3.25. The minimum absolute atomic E-state index is 0.00113. The van der Waals surface area contributed by atoms with Crippen molar-refractivity contribution in [3.8, 4) is 0 Å². The molecule has 2 aromatic heterocycles. The van der Waals surface area contributed by atoms with Gasteiger partial charge in [-0.1, -0.05) is 30.3 Å². The molecule has 166 valence electrons. The fourth-order valence-corrected chi connectivity index (χ4v) is 4.85. The van der Waals surface area contributed by atoms with Crippen LogP contribution in [0.2, 0.25) is 0 Å². The molecule has 4 aromatic rings. The zero-order valence-electron chi connectivity index (χ0n) is 17.3. The first-order valence-electron chi connectivity index (χ1n) is 9.90. The molecule has 2 aromatic carbocycles. The van der Waals surface area contributed by atoms with E-state index in [9.17, 15) is 18.0 Å². The van der Waals surface area contributed by atoms with Gasteiger partial charge in [0.2, 0.25) is 15.8 Å². The Morgan fingerprint density at radius 1 is 1.09 bits per heavy atom. The molecule has 32 heavy (non-hydrogen) atoms. The van der Waals surface area contributed by atoms with E-state index in [-0.39, 0.29) is 25.4 Å². The van der Waals surface area contributed by atoms with Crippen LogP contribution in [-0.4, -0.2) is 39.6 Å². The average Bonchev–Trinajstić information content (AvgIpc) is 3.39. The highest BCUT2D eigenvalue weighted by atomic mass is 32.2. The minimum Gasteiger partial charge on any atom is -0.464 e. The van der Waals surface area contributed by atoms with Crippen molar-refractivity contribution in [2.45, 2.75) is 12.8 Å². The maximum atomic E-state index is 12.4. The molecule has 4 rings (SSSR count). The van der Waals surface area contributed by atoms with Crippen LogP contribution in [0.25, 0.3) is 21.7 Å². The number of hydrogen-bond donors (Lipinski definition) is 1. The smallest absolute Gasteiger partial charge is 0.310 e. The predicted octanol–water partition coefficient (Wildman–Crippen LogP) is 3.71. The monoisotopic (exact) mass is 471 g/mol. The lowest BCUT2D eigenvalue weighted by Gasteiger charge is -2.04. The van der Waals surface area contributed by atoms with Gasteiger partial charge < -0.3 is 9.15 Å². The van der Waals surface area contributed by atoms with Gasteiger partial charge >= 0.3 is 5.97 Å². The number of esters is 1. The Morgan fingerprint density at radius 2 is 1.91 bits per heavy atom. The number of fused-ring (bicyclic) bond motifs is 3. The van der Waals surface area contributed by atoms with E-state index in [1.54, 1.807) is 18.4 Å². The van der Waals surface area contributed by atoms with Crippen molar-refractivity contribution in [2.24, 2.45) is 0 Å². The van der Waals surface area contributed by atoms with Crippen molar-refractivity contribution in [3.63, 3.8) is 0 Å². The normalized spacial score (nSPS) is 11.8. The van der Waals surface area contributed by atoms with Gasteiger partial charge in [-0.15, -0.1) is 11.3 Å². The number of thiophene rings is 1. The van der Waals surface area contributed by atoms with Gasteiger partial charge in [0.15, 0.2) is 6.61 Å². The van der Waals surface area contributed by atoms with Crippen LogP contribution >= 0.6 is 11.3 Å². The van der Waals surface area contributed by atoms with E-state index in [4.69, 9.17) is 9.15 Å². The molecule has 0 bridgehead atoms. The lowest BCUT2D eigenvalue weighted by atomic mass is 10.0. The summed E-state index contributed by atoms with van der Waals surface area (Å²) in [6, 6.07) is 15.1. The van der Waals surface area contributed by atoms with Crippen molar-refractivity contribution in [3.05, 3.63) is 70.1 Å². The largest absolute Gasteiger partial charge is 0.464 e. The van der Waals surface area contributed by atoms with Crippen molar-refractivity contribution in [1.82, 2.24) is 4.72 Å². The van der Waals surface area contributed by atoms with Gasteiger partial charge in [0.1, 0.15) is 5.58 Å². The number of Topliss-reactive ketones (excluding diaryl/α,β-unsaturated/α-hetero) is 1. The lowest BCUT2D eigenvalue weighted by Crippen LogP contribution is -2.24. The van der Waals surface area contributed by atoms with Crippen LogP contribution < -0.4 is 4.72 Å². The van der Waals surface area contributed by atoms with Crippen molar-refractivity contribution >= 4 is 54.9 Å². The molecule has 0 atom stereocenters. The molecular formula is C23H21NO6S2. The van der Waals surface area contributed by atoms with Crippen LogP contribution in [0.5, 0.6) is 0 Å².